The summed E-state index contributed by atoms with van der Waals surface area (Å²) in [6, 6.07) is 20.5. The van der Waals surface area contributed by atoms with Gasteiger partial charge in [0.05, 0.1) is 11.1 Å². The van der Waals surface area contributed by atoms with Crippen molar-refractivity contribution in [1.82, 2.24) is 0 Å². The van der Waals surface area contributed by atoms with Crippen LogP contribution in [0, 0.1) is 17.6 Å². The summed E-state index contributed by atoms with van der Waals surface area (Å²) in [4.78, 5) is 0. The highest BCUT2D eigenvalue weighted by atomic mass is 31.1. The summed E-state index contributed by atoms with van der Waals surface area (Å²) in [6.45, 7) is 9.82. The maximum absolute atomic E-state index is 9.50. The Balaban J connectivity index is 1.74. The van der Waals surface area contributed by atoms with Gasteiger partial charge in [0.1, 0.15) is 0 Å². The zero-order valence-electron chi connectivity index (χ0n) is 16.0. The van der Waals surface area contributed by atoms with Gasteiger partial charge in [0.2, 0.25) is 0 Å². The van der Waals surface area contributed by atoms with Crippen LogP contribution in [0.2, 0.25) is 0 Å². The summed E-state index contributed by atoms with van der Waals surface area (Å²) in [5.74, 6) is 2.54. The molecule has 2 aromatic carbocycles. The lowest BCUT2D eigenvalue weighted by Crippen LogP contribution is -2.04. The maximum atomic E-state index is 9.50. The Bertz CT molecular complexity index is 674. The number of benzene rings is 2. The van der Waals surface area contributed by atoms with Gasteiger partial charge in [-0.15, -0.1) is 7.92 Å². The van der Waals surface area contributed by atoms with Crippen LogP contribution in [0.4, 0.5) is 0 Å². The minimum atomic E-state index is -0.683. The fraction of sp³-hybridized carbons (Fsp3) is 0.364. The molecule has 2 aromatic rings. The highest BCUT2D eigenvalue weighted by Crippen LogP contribution is 2.43. The van der Waals surface area contributed by atoms with Crippen molar-refractivity contribution in [3.63, 3.8) is 0 Å². The summed E-state index contributed by atoms with van der Waals surface area (Å²) in [6.07, 6.45) is 8.15. The first kappa shape index (κ1) is 22.0. The number of hydrogen-bond donors (Lipinski definition) is 0. The zero-order valence-corrected chi connectivity index (χ0v) is 18.6. The second-order valence-corrected chi connectivity index (χ2v) is 13.1. The first-order valence-corrected chi connectivity index (χ1v) is 14.3. The number of hydrogen-bond acceptors (Lipinski definition) is 1. The number of nitriles is 1. The van der Waals surface area contributed by atoms with Crippen molar-refractivity contribution in [2.24, 2.45) is 0 Å². The Morgan fingerprint density at radius 3 is 1.93 bits per heavy atom. The van der Waals surface area contributed by atoms with Crippen molar-refractivity contribution in [3.8, 4) is 5.81 Å². The molecule has 3 atom stereocenters. The van der Waals surface area contributed by atoms with Crippen molar-refractivity contribution >= 4 is 34.5 Å². The van der Waals surface area contributed by atoms with Crippen LogP contribution in [0.25, 0.3) is 4.62 Å². The molecule has 0 aromatic heterocycles. The molecule has 0 aliphatic rings. The van der Waals surface area contributed by atoms with Gasteiger partial charge in [-0.3, -0.25) is 4.62 Å². The second kappa shape index (κ2) is 13.0. The summed E-state index contributed by atoms with van der Waals surface area (Å²) >= 11 is 0. The topological polar surface area (TPSA) is 28.1 Å². The van der Waals surface area contributed by atoms with E-state index >= 15 is 0 Å². The molecular formula is C22H27N2P3. The van der Waals surface area contributed by atoms with E-state index in [1.807, 2.05) is 36.4 Å². The quantitative estimate of drug-likeness (QED) is 0.319. The second-order valence-electron chi connectivity index (χ2n) is 6.29. The predicted molar refractivity (Wildman–Crippen MR) is 124 cm³/mol. The van der Waals surface area contributed by atoms with Gasteiger partial charge in [-0.2, -0.15) is 5.26 Å². The molecule has 0 heterocycles. The van der Waals surface area contributed by atoms with Crippen LogP contribution in [0.15, 0.2) is 60.7 Å². The van der Waals surface area contributed by atoms with Crippen LogP contribution in [-0.2, 0) is 0 Å². The van der Waals surface area contributed by atoms with E-state index in [0.717, 1.165) is 25.2 Å². The third kappa shape index (κ3) is 7.69. The van der Waals surface area contributed by atoms with Crippen molar-refractivity contribution in [1.29, 1.82) is 5.26 Å². The molecule has 0 saturated carbocycles. The van der Waals surface area contributed by atoms with Crippen molar-refractivity contribution in [2.45, 2.75) is 19.8 Å². The monoisotopic (exact) mass is 412 g/mol. The van der Waals surface area contributed by atoms with E-state index in [1.165, 1.54) is 29.1 Å². The zero-order chi connectivity index (χ0) is 19.3. The van der Waals surface area contributed by atoms with Gasteiger partial charge in [0, 0.05) is 14.1 Å². The lowest BCUT2D eigenvalue weighted by atomic mass is 10.4. The smallest absolute Gasteiger partial charge is 0.298 e. The molecular weight excluding hydrogens is 385 g/mol. The average Bonchev–Trinajstić information content (AvgIpc) is 2.74. The predicted octanol–water partition coefficient (Wildman–Crippen LogP) is 6.20. The highest BCUT2D eigenvalue weighted by molar-refractivity contribution is 7.70. The van der Waals surface area contributed by atoms with Gasteiger partial charge in [-0.1, -0.05) is 55.5 Å². The Hall–Kier alpha value is -1.29. The molecule has 0 fully saturated rings. The summed E-state index contributed by atoms with van der Waals surface area (Å²) in [7, 11) is -1.31. The minimum Gasteiger partial charge on any atom is -0.298 e. The first-order chi connectivity index (χ1) is 13.3. The molecule has 0 radical (unpaired) electrons. The highest BCUT2D eigenvalue weighted by Gasteiger charge is 2.18. The Morgan fingerprint density at radius 1 is 0.852 bits per heavy atom. The molecule has 0 aliphatic heterocycles. The fourth-order valence-corrected chi connectivity index (χ4v) is 8.50. The molecule has 27 heavy (non-hydrogen) atoms. The molecule has 0 amide bonds. The third-order valence-corrected chi connectivity index (χ3v) is 11.1. The van der Waals surface area contributed by atoms with Crippen LogP contribution in [0.5, 0.6) is 0 Å². The molecule has 5 heteroatoms. The number of rotatable bonds is 11. The van der Waals surface area contributed by atoms with E-state index in [9.17, 15) is 5.26 Å². The standard InChI is InChI=1S/C22H27N2P3/c1-3-25(16-10-18-26(20-23)21-12-6-4-7-13-21)17-11-19-27(24-2)22-14-8-5-9-15-22/h4-9,12-15H,3,10-11,16-19H2,1H3. The van der Waals surface area contributed by atoms with Crippen molar-refractivity contribution in [2.75, 3.05) is 30.8 Å². The van der Waals surface area contributed by atoms with E-state index in [-0.39, 0.29) is 7.92 Å². The SMILES string of the molecule is [C-]#[N+]P(CCCP(CC)CCCP(C#N)c1ccccc1)c1ccccc1. The molecule has 140 valence electrons. The van der Waals surface area contributed by atoms with Gasteiger partial charge in [-0.05, 0) is 54.9 Å². The van der Waals surface area contributed by atoms with Crippen molar-refractivity contribution in [3.05, 3.63) is 71.9 Å². The van der Waals surface area contributed by atoms with Gasteiger partial charge in [-0.25, -0.2) is 6.57 Å². The molecule has 0 aliphatic carbocycles. The molecule has 0 saturated heterocycles. The van der Waals surface area contributed by atoms with E-state index in [1.54, 1.807) is 0 Å². The molecule has 2 nitrogen and oxygen atoms in total. The van der Waals surface area contributed by atoms with Gasteiger partial charge in [0.15, 0.2) is 0 Å². The van der Waals surface area contributed by atoms with E-state index in [0.29, 0.717) is 0 Å². The van der Waals surface area contributed by atoms with Gasteiger partial charge < -0.3 is 0 Å². The Morgan fingerprint density at radius 2 is 1.41 bits per heavy atom. The van der Waals surface area contributed by atoms with Crippen LogP contribution in [-0.4, -0.2) is 30.8 Å². The summed E-state index contributed by atoms with van der Waals surface area (Å²) in [5.41, 5.74) is 0. The van der Waals surface area contributed by atoms with E-state index in [4.69, 9.17) is 6.57 Å². The Labute approximate surface area is 168 Å². The van der Waals surface area contributed by atoms with Crippen LogP contribution >= 0.6 is 23.9 Å². The maximum Gasteiger partial charge on any atom is 0.303 e. The molecule has 2 rings (SSSR count). The lowest BCUT2D eigenvalue weighted by Gasteiger charge is -2.17. The largest absolute Gasteiger partial charge is 0.303 e. The van der Waals surface area contributed by atoms with Gasteiger partial charge >= 0.3 is 8.07 Å². The summed E-state index contributed by atoms with van der Waals surface area (Å²) in [5, 5.41) is 11.9. The van der Waals surface area contributed by atoms with Crippen LogP contribution in [0.1, 0.15) is 19.8 Å². The van der Waals surface area contributed by atoms with Crippen molar-refractivity contribution < 1.29 is 0 Å². The van der Waals surface area contributed by atoms with Crippen LogP contribution < -0.4 is 10.6 Å². The normalized spacial score (nSPS) is 13.9. The third-order valence-electron chi connectivity index (χ3n) is 4.51. The fourth-order valence-electron chi connectivity index (χ4n) is 3.01. The number of nitrogens with zero attached hydrogens (tertiary/aromatic N) is 2. The Kier molecular flexibility index (Phi) is 10.6. The molecule has 3 unspecified atom stereocenters. The average molecular weight is 412 g/mol. The van der Waals surface area contributed by atoms with E-state index in [2.05, 4.69) is 41.6 Å². The molecule has 0 bridgehead atoms. The van der Waals surface area contributed by atoms with Crippen LogP contribution in [0.3, 0.4) is 0 Å². The molecule has 0 N–H and O–H groups in total. The minimum absolute atomic E-state index is 0.0409. The van der Waals surface area contributed by atoms with E-state index < -0.39 is 16.0 Å². The first-order valence-electron chi connectivity index (χ1n) is 9.43. The van der Waals surface area contributed by atoms with Gasteiger partial charge in [0.25, 0.3) is 0 Å². The summed E-state index contributed by atoms with van der Waals surface area (Å²) < 4.78 is 3.90. The lowest BCUT2D eigenvalue weighted by molar-refractivity contribution is 1.06. The molecule has 0 spiro atoms.